The van der Waals surface area contributed by atoms with Crippen molar-refractivity contribution in [3.8, 4) is 11.5 Å². The molecule has 0 unspecified atom stereocenters. The standard InChI is InChI=1S/C20H20N2O4/c1-13(2)25-16-8-4-6-14(10-16)12-21-22-20(23)18-11-15-7-5-9-17(24-3)19(15)26-18/h4-13H,1-3H3,(H,22,23)/b21-12-. The number of benzene rings is 2. The maximum absolute atomic E-state index is 12.2. The summed E-state index contributed by atoms with van der Waals surface area (Å²) >= 11 is 0. The van der Waals surface area contributed by atoms with Crippen molar-refractivity contribution in [2.24, 2.45) is 5.10 Å². The number of furan rings is 1. The summed E-state index contributed by atoms with van der Waals surface area (Å²) in [5, 5.41) is 4.77. The Balaban J connectivity index is 1.70. The number of para-hydroxylation sites is 1. The molecular formula is C20H20N2O4. The molecular weight excluding hydrogens is 332 g/mol. The van der Waals surface area contributed by atoms with Gasteiger partial charge in [-0.3, -0.25) is 4.79 Å². The Morgan fingerprint density at radius 1 is 1.19 bits per heavy atom. The van der Waals surface area contributed by atoms with Crippen LogP contribution in [0.25, 0.3) is 11.0 Å². The Labute approximate surface area is 151 Å². The number of hydrogen-bond donors (Lipinski definition) is 1. The lowest BCUT2D eigenvalue weighted by atomic mass is 10.2. The van der Waals surface area contributed by atoms with E-state index in [1.54, 1.807) is 25.5 Å². The molecule has 6 nitrogen and oxygen atoms in total. The third kappa shape index (κ3) is 4.03. The van der Waals surface area contributed by atoms with E-state index in [0.717, 1.165) is 16.7 Å². The maximum atomic E-state index is 12.2. The molecule has 0 saturated heterocycles. The molecule has 0 aliphatic heterocycles. The molecule has 26 heavy (non-hydrogen) atoms. The van der Waals surface area contributed by atoms with Crippen molar-refractivity contribution in [1.29, 1.82) is 0 Å². The molecule has 0 fully saturated rings. The Kier molecular flexibility index (Phi) is 5.22. The fourth-order valence-electron chi connectivity index (χ4n) is 2.47. The van der Waals surface area contributed by atoms with E-state index in [9.17, 15) is 4.79 Å². The van der Waals surface area contributed by atoms with Crippen molar-refractivity contribution >= 4 is 23.1 Å². The minimum Gasteiger partial charge on any atom is -0.493 e. The zero-order valence-corrected chi connectivity index (χ0v) is 14.9. The number of hydrazone groups is 1. The van der Waals surface area contributed by atoms with Crippen molar-refractivity contribution in [2.45, 2.75) is 20.0 Å². The Morgan fingerprint density at radius 2 is 2.00 bits per heavy atom. The molecule has 6 heteroatoms. The van der Waals surface area contributed by atoms with Crippen LogP contribution < -0.4 is 14.9 Å². The summed E-state index contributed by atoms with van der Waals surface area (Å²) in [5.41, 5.74) is 3.81. The van der Waals surface area contributed by atoms with Gasteiger partial charge in [-0.1, -0.05) is 24.3 Å². The van der Waals surface area contributed by atoms with Gasteiger partial charge in [0.1, 0.15) is 5.75 Å². The van der Waals surface area contributed by atoms with Crippen LogP contribution in [0.5, 0.6) is 11.5 Å². The van der Waals surface area contributed by atoms with Gasteiger partial charge < -0.3 is 13.9 Å². The van der Waals surface area contributed by atoms with Crippen LogP contribution in [0.2, 0.25) is 0 Å². The second-order valence-corrected chi connectivity index (χ2v) is 5.93. The SMILES string of the molecule is COc1cccc2cc(C(=O)N/N=C\c3cccc(OC(C)C)c3)oc12. The van der Waals surface area contributed by atoms with E-state index >= 15 is 0 Å². The van der Waals surface area contributed by atoms with E-state index in [-0.39, 0.29) is 11.9 Å². The van der Waals surface area contributed by atoms with Crippen LogP contribution in [0, 0.1) is 0 Å². The molecule has 3 rings (SSSR count). The van der Waals surface area contributed by atoms with Gasteiger partial charge in [-0.25, -0.2) is 5.43 Å². The minimum atomic E-state index is -0.436. The van der Waals surface area contributed by atoms with Crippen molar-refractivity contribution in [2.75, 3.05) is 7.11 Å². The smallest absolute Gasteiger partial charge is 0.307 e. The lowest BCUT2D eigenvalue weighted by Crippen LogP contribution is -2.16. The Morgan fingerprint density at radius 3 is 2.77 bits per heavy atom. The summed E-state index contributed by atoms with van der Waals surface area (Å²) in [4.78, 5) is 12.2. The summed E-state index contributed by atoms with van der Waals surface area (Å²) in [5.74, 6) is 1.05. The number of fused-ring (bicyclic) bond motifs is 1. The molecule has 2 aromatic carbocycles. The predicted octanol–water partition coefficient (Wildman–Crippen LogP) is 3.99. The molecule has 0 radical (unpaired) electrons. The van der Waals surface area contributed by atoms with Crippen molar-refractivity contribution in [3.05, 3.63) is 59.9 Å². The number of nitrogens with one attached hydrogen (secondary N) is 1. The van der Waals surface area contributed by atoms with Crippen LogP contribution in [0.1, 0.15) is 30.0 Å². The number of carbonyl (C=O) groups excluding carboxylic acids is 1. The van der Waals surface area contributed by atoms with Gasteiger partial charge in [-0.2, -0.15) is 5.10 Å². The van der Waals surface area contributed by atoms with Crippen molar-refractivity contribution in [3.63, 3.8) is 0 Å². The maximum Gasteiger partial charge on any atom is 0.307 e. The van der Waals surface area contributed by atoms with Crippen LogP contribution in [-0.4, -0.2) is 25.3 Å². The second kappa shape index (κ2) is 7.74. The Bertz CT molecular complexity index is 944. The molecule has 0 aliphatic rings. The highest BCUT2D eigenvalue weighted by Crippen LogP contribution is 2.28. The van der Waals surface area contributed by atoms with Crippen LogP contribution in [0.4, 0.5) is 0 Å². The average molecular weight is 352 g/mol. The highest BCUT2D eigenvalue weighted by molar-refractivity contribution is 5.97. The molecule has 0 spiro atoms. The fourth-order valence-corrected chi connectivity index (χ4v) is 2.47. The number of ether oxygens (including phenoxy) is 2. The molecule has 0 atom stereocenters. The van der Waals surface area contributed by atoms with Gasteiger partial charge in [0, 0.05) is 5.39 Å². The fraction of sp³-hybridized carbons (Fsp3) is 0.200. The zero-order valence-electron chi connectivity index (χ0n) is 14.9. The van der Waals surface area contributed by atoms with E-state index in [0.29, 0.717) is 11.3 Å². The number of rotatable bonds is 6. The molecule has 0 aliphatic carbocycles. The topological polar surface area (TPSA) is 73.1 Å². The van der Waals surface area contributed by atoms with Crippen molar-refractivity contribution in [1.82, 2.24) is 5.43 Å². The first kappa shape index (κ1) is 17.5. The monoisotopic (exact) mass is 352 g/mol. The molecule has 134 valence electrons. The summed E-state index contributed by atoms with van der Waals surface area (Å²) in [6, 6.07) is 14.6. The van der Waals surface area contributed by atoms with Gasteiger partial charge >= 0.3 is 5.91 Å². The van der Waals surface area contributed by atoms with E-state index in [2.05, 4.69) is 10.5 Å². The third-order valence-electron chi connectivity index (χ3n) is 3.56. The van der Waals surface area contributed by atoms with Crippen LogP contribution in [0.3, 0.4) is 0 Å². The average Bonchev–Trinajstić information content (AvgIpc) is 3.05. The highest BCUT2D eigenvalue weighted by Gasteiger charge is 2.14. The first-order valence-electron chi connectivity index (χ1n) is 8.23. The van der Waals surface area contributed by atoms with E-state index < -0.39 is 5.91 Å². The number of hydrogen-bond acceptors (Lipinski definition) is 5. The lowest BCUT2D eigenvalue weighted by Gasteiger charge is -2.09. The van der Waals surface area contributed by atoms with Gasteiger partial charge in [0.2, 0.25) is 0 Å². The van der Waals surface area contributed by atoms with Gasteiger partial charge in [0.15, 0.2) is 17.1 Å². The number of amides is 1. The molecule has 0 bridgehead atoms. The van der Waals surface area contributed by atoms with Gasteiger partial charge in [0.25, 0.3) is 0 Å². The number of methoxy groups -OCH3 is 1. The van der Waals surface area contributed by atoms with E-state index in [1.165, 1.54) is 0 Å². The summed E-state index contributed by atoms with van der Waals surface area (Å²) in [6.07, 6.45) is 1.64. The normalized spacial score (nSPS) is 11.2. The van der Waals surface area contributed by atoms with Gasteiger partial charge in [-0.15, -0.1) is 0 Å². The Hall–Kier alpha value is -3.28. The second-order valence-electron chi connectivity index (χ2n) is 5.93. The molecule has 1 N–H and O–H groups in total. The van der Waals surface area contributed by atoms with Crippen LogP contribution >= 0.6 is 0 Å². The van der Waals surface area contributed by atoms with E-state index in [4.69, 9.17) is 13.9 Å². The van der Waals surface area contributed by atoms with E-state index in [1.807, 2.05) is 50.2 Å². The van der Waals surface area contributed by atoms with Crippen molar-refractivity contribution < 1.29 is 18.7 Å². The lowest BCUT2D eigenvalue weighted by molar-refractivity contribution is 0.0929. The van der Waals surface area contributed by atoms with Crippen LogP contribution in [0.15, 0.2) is 58.0 Å². The predicted molar refractivity (Wildman–Crippen MR) is 100 cm³/mol. The quantitative estimate of drug-likeness (QED) is 0.538. The highest BCUT2D eigenvalue weighted by atomic mass is 16.5. The third-order valence-corrected chi connectivity index (χ3v) is 3.56. The first-order valence-corrected chi connectivity index (χ1v) is 8.23. The summed E-state index contributed by atoms with van der Waals surface area (Å²) < 4.78 is 16.4. The van der Waals surface area contributed by atoms with Crippen LogP contribution in [-0.2, 0) is 0 Å². The first-order chi connectivity index (χ1) is 12.6. The van der Waals surface area contributed by atoms with Gasteiger partial charge in [0.05, 0.1) is 19.4 Å². The molecule has 1 amide bonds. The molecule has 1 aromatic heterocycles. The summed E-state index contributed by atoms with van der Waals surface area (Å²) in [7, 11) is 1.55. The number of carbonyl (C=O) groups is 1. The summed E-state index contributed by atoms with van der Waals surface area (Å²) in [6.45, 7) is 3.92. The molecule has 3 aromatic rings. The van der Waals surface area contributed by atoms with Gasteiger partial charge in [-0.05, 0) is 43.7 Å². The molecule has 0 saturated carbocycles. The molecule has 1 heterocycles. The minimum absolute atomic E-state index is 0.0898. The largest absolute Gasteiger partial charge is 0.493 e. The number of nitrogens with zero attached hydrogens (tertiary/aromatic N) is 1. The zero-order chi connectivity index (χ0) is 18.5.